The maximum atomic E-state index is 12.4. The van der Waals surface area contributed by atoms with Crippen molar-refractivity contribution in [3.63, 3.8) is 0 Å². The van der Waals surface area contributed by atoms with Gasteiger partial charge in [-0.3, -0.25) is 4.98 Å². The summed E-state index contributed by atoms with van der Waals surface area (Å²) in [6.07, 6.45) is -4.95. The van der Waals surface area contributed by atoms with Crippen LogP contribution in [0.2, 0.25) is 0 Å². The number of carbonyl (C=O) groups is 1. The lowest BCUT2D eigenvalue weighted by Gasteiger charge is -2.19. The molecule has 0 aliphatic carbocycles. The molecule has 0 fully saturated rings. The average molecular weight is 463 g/mol. The van der Waals surface area contributed by atoms with Gasteiger partial charge in [-0.05, 0) is 70.0 Å². The quantitative estimate of drug-likeness (QED) is 0.369. The Bertz CT molecular complexity index is 1170. The minimum Gasteiger partial charge on any atom is -0.457 e. The zero-order chi connectivity index (χ0) is 24.3. The van der Waals surface area contributed by atoms with E-state index in [1.165, 1.54) is 24.3 Å². The summed E-state index contributed by atoms with van der Waals surface area (Å²) in [5, 5.41) is 0.593. The zero-order valence-electron chi connectivity index (χ0n) is 18.9. The van der Waals surface area contributed by atoms with E-state index in [2.05, 4.69) is 4.74 Å². The van der Waals surface area contributed by atoms with Crippen LogP contribution in [0.4, 0.5) is 18.0 Å². The Hall–Kier alpha value is -3.49. The Kier molecular flexibility index (Phi) is 7.00. The lowest BCUT2D eigenvalue weighted by molar-refractivity contribution is -0.274. The standard InChI is InChI=1S/C24H24F3NO5/c1-6-18-14(4)22(32-23(29)30-7-2)20-15(5)21(13(3)12-19(20)28-18)31-16-8-10-17(11-9-16)33-24(25,26)27/h8-12H,6-7H2,1-5H3. The first kappa shape index (κ1) is 24.2. The predicted molar refractivity (Wildman–Crippen MR) is 116 cm³/mol. The number of aromatic nitrogens is 1. The van der Waals surface area contributed by atoms with E-state index >= 15 is 0 Å². The summed E-state index contributed by atoms with van der Waals surface area (Å²) in [5.74, 6) is 0.786. The lowest BCUT2D eigenvalue weighted by Crippen LogP contribution is -2.16. The number of fused-ring (bicyclic) bond motifs is 1. The first-order chi connectivity index (χ1) is 15.5. The minimum absolute atomic E-state index is 0.169. The van der Waals surface area contributed by atoms with Gasteiger partial charge in [-0.1, -0.05) is 6.92 Å². The largest absolute Gasteiger partial charge is 0.573 e. The molecule has 0 bridgehead atoms. The summed E-state index contributed by atoms with van der Waals surface area (Å²) >= 11 is 0. The van der Waals surface area contributed by atoms with Gasteiger partial charge in [0.25, 0.3) is 0 Å². The Morgan fingerprint density at radius 1 is 0.970 bits per heavy atom. The first-order valence-corrected chi connectivity index (χ1v) is 10.4. The molecule has 33 heavy (non-hydrogen) atoms. The summed E-state index contributed by atoms with van der Waals surface area (Å²) in [5.41, 5.74) is 3.56. The van der Waals surface area contributed by atoms with Crippen molar-refractivity contribution in [1.82, 2.24) is 4.98 Å². The molecule has 3 rings (SSSR count). The van der Waals surface area contributed by atoms with Crippen molar-refractivity contribution in [3.8, 4) is 23.0 Å². The number of carbonyl (C=O) groups excluding carboxylic acids is 1. The molecule has 1 aromatic heterocycles. The third-order valence-electron chi connectivity index (χ3n) is 5.00. The van der Waals surface area contributed by atoms with Gasteiger partial charge in [0.05, 0.1) is 17.5 Å². The van der Waals surface area contributed by atoms with Crippen LogP contribution in [0.25, 0.3) is 10.9 Å². The van der Waals surface area contributed by atoms with E-state index < -0.39 is 12.5 Å². The fraction of sp³-hybridized carbons (Fsp3) is 0.333. The number of benzene rings is 2. The molecule has 0 aliphatic rings. The molecule has 0 unspecified atom stereocenters. The smallest absolute Gasteiger partial charge is 0.457 e. The normalized spacial score (nSPS) is 11.4. The Morgan fingerprint density at radius 3 is 2.18 bits per heavy atom. The van der Waals surface area contributed by atoms with Crippen molar-refractivity contribution in [2.24, 2.45) is 0 Å². The molecule has 0 saturated heterocycles. The van der Waals surface area contributed by atoms with Gasteiger partial charge in [0.2, 0.25) is 0 Å². The second kappa shape index (κ2) is 9.56. The molecule has 0 N–H and O–H groups in total. The number of rotatable bonds is 6. The van der Waals surface area contributed by atoms with Crippen LogP contribution < -0.4 is 14.2 Å². The highest BCUT2D eigenvalue weighted by atomic mass is 19.4. The summed E-state index contributed by atoms with van der Waals surface area (Å²) in [6.45, 7) is 9.26. The molecule has 0 atom stereocenters. The van der Waals surface area contributed by atoms with Crippen molar-refractivity contribution in [1.29, 1.82) is 0 Å². The van der Waals surface area contributed by atoms with Gasteiger partial charge in [-0.15, -0.1) is 13.2 Å². The van der Waals surface area contributed by atoms with Crippen LogP contribution in [0.3, 0.4) is 0 Å². The van der Waals surface area contributed by atoms with E-state index in [9.17, 15) is 18.0 Å². The first-order valence-electron chi connectivity index (χ1n) is 10.4. The summed E-state index contributed by atoms with van der Waals surface area (Å²) in [6, 6.07) is 6.91. The fourth-order valence-corrected chi connectivity index (χ4v) is 3.55. The molecule has 0 amide bonds. The van der Waals surface area contributed by atoms with Crippen molar-refractivity contribution in [3.05, 3.63) is 52.7 Å². The molecule has 9 heteroatoms. The molecule has 6 nitrogen and oxygen atoms in total. The Labute approximate surface area is 189 Å². The zero-order valence-corrected chi connectivity index (χ0v) is 18.9. The van der Waals surface area contributed by atoms with Gasteiger partial charge < -0.3 is 18.9 Å². The molecular formula is C24H24F3NO5. The van der Waals surface area contributed by atoms with Gasteiger partial charge in [0.15, 0.2) is 0 Å². The molecule has 0 aliphatic heterocycles. The van der Waals surface area contributed by atoms with Crippen LogP contribution in [0.1, 0.15) is 36.2 Å². The summed E-state index contributed by atoms with van der Waals surface area (Å²) in [4.78, 5) is 16.8. The topological polar surface area (TPSA) is 66.9 Å². The molecule has 0 spiro atoms. The van der Waals surface area contributed by atoms with Gasteiger partial charge in [0, 0.05) is 16.8 Å². The molecule has 3 aromatic rings. The van der Waals surface area contributed by atoms with Crippen LogP contribution >= 0.6 is 0 Å². The summed E-state index contributed by atoms with van der Waals surface area (Å²) in [7, 11) is 0. The average Bonchev–Trinajstić information content (AvgIpc) is 2.73. The number of alkyl halides is 3. The second-order valence-corrected chi connectivity index (χ2v) is 7.31. The number of hydrogen-bond acceptors (Lipinski definition) is 6. The third-order valence-corrected chi connectivity index (χ3v) is 5.00. The molecule has 0 radical (unpaired) electrons. The van der Waals surface area contributed by atoms with Crippen molar-refractivity contribution in [2.45, 2.75) is 47.4 Å². The predicted octanol–water partition coefficient (Wildman–Crippen LogP) is 6.95. The van der Waals surface area contributed by atoms with E-state index in [-0.39, 0.29) is 12.4 Å². The molecular weight excluding hydrogens is 439 g/mol. The Morgan fingerprint density at radius 2 is 1.61 bits per heavy atom. The number of ether oxygens (including phenoxy) is 4. The van der Waals surface area contributed by atoms with E-state index in [0.29, 0.717) is 45.7 Å². The highest BCUT2D eigenvalue weighted by molar-refractivity contribution is 5.94. The monoisotopic (exact) mass is 463 g/mol. The van der Waals surface area contributed by atoms with Crippen LogP contribution in [0, 0.1) is 20.8 Å². The highest BCUT2D eigenvalue weighted by Gasteiger charge is 2.31. The number of halogens is 3. The lowest BCUT2D eigenvalue weighted by atomic mass is 9.99. The maximum absolute atomic E-state index is 12.4. The maximum Gasteiger partial charge on any atom is 0.573 e. The number of hydrogen-bond donors (Lipinski definition) is 0. The van der Waals surface area contributed by atoms with Gasteiger partial charge in [0.1, 0.15) is 23.0 Å². The fourth-order valence-electron chi connectivity index (χ4n) is 3.55. The number of aryl methyl sites for hydroxylation is 3. The van der Waals surface area contributed by atoms with E-state index in [1.54, 1.807) is 13.8 Å². The third kappa shape index (κ3) is 5.47. The van der Waals surface area contributed by atoms with Crippen molar-refractivity contribution < 1.29 is 36.9 Å². The molecule has 2 aromatic carbocycles. The minimum atomic E-state index is -4.77. The van der Waals surface area contributed by atoms with Crippen LogP contribution in [-0.2, 0) is 11.2 Å². The SMILES string of the molecule is CCOC(=O)Oc1c(C)c(CC)nc2cc(C)c(Oc3ccc(OC(F)(F)F)cc3)c(C)c12. The van der Waals surface area contributed by atoms with Crippen LogP contribution in [0.5, 0.6) is 23.0 Å². The van der Waals surface area contributed by atoms with Crippen LogP contribution in [-0.4, -0.2) is 24.1 Å². The molecule has 1 heterocycles. The highest BCUT2D eigenvalue weighted by Crippen LogP contribution is 2.41. The number of nitrogens with zero attached hydrogens (tertiary/aromatic N) is 1. The van der Waals surface area contributed by atoms with Gasteiger partial charge >= 0.3 is 12.5 Å². The van der Waals surface area contributed by atoms with E-state index in [1.807, 2.05) is 26.8 Å². The van der Waals surface area contributed by atoms with Gasteiger partial charge in [-0.25, -0.2) is 4.79 Å². The van der Waals surface area contributed by atoms with Crippen molar-refractivity contribution in [2.75, 3.05) is 6.61 Å². The van der Waals surface area contributed by atoms with E-state index in [4.69, 9.17) is 19.2 Å². The van der Waals surface area contributed by atoms with Gasteiger partial charge in [-0.2, -0.15) is 0 Å². The van der Waals surface area contributed by atoms with E-state index in [0.717, 1.165) is 11.3 Å². The van der Waals surface area contributed by atoms with Crippen molar-refractivity contribution >= 4 is 17.1 Å². The number of pyridine rings is 1. The summed E-state index contributed by atoms with van der Waals surface area (Å²) < 4.78 is 57.6. The second-order valence-electron chi connectivity index (χ2n) is 7.31. The molecule has 0 saturated carbocycles. The Balaban J connectivity index is 2.07. The van der Waals surface area contributed by atoms with Crippen LogP contribution in [0.15, 0.2) is 30.3 Å². The molecule has 176 valence electrons.